The lowest BCUT2D eigenvalue weighted by Gasteiger charge is -2.17. The SMILES string of the molecule is O=C(O)CC[C@H](NC(=O)C1Cc2ccccc2N1)C(=O)O. The highest BCUT2D eigenvalue weighted by atomic mass is 16.4. The van der Waals surface area contributed by atoms with Gasteiger partial charge in [-0.05, 0) is 18.1 Å². The van der Waals surface area contributed by atoms with E-state index in [4.69, 9.17) is 10.2 Å². The maximum atomic E-state index is 12.1. The molecule has 1 aromatic carbocycles. The first kappa shape index (κ1) is 14.8. The Morgan fingerprint density at radius 2 is 2.00 bits per heavy atom. The van der Waals surface area contributed by atoms with Gasteiger partial charge in [-0.2, -0.15) is 0 Å². The Hall–Kier alpha value is -2.57. The van der Waals surface area contributed by atoms with Crippen LogP contribution in [0, 0.1) is 0 Å². The lowest BCUT2D eigenvalue weighted by molar-refractivity contribution is -0.143. The van der Waals surface area contributed by atoms with Gasteiger partial charge in [0, 0.05) is 18.5 Å². The van der Waals surface area contributed by atoms with Crippen molar-refractivity contribution in [2.45, 2.75) is 31.3 Å². The summed E-state index contributed by atoms with van der Waals surface area (Å²) >= 11 is 0. The monoisotopic (exact) mass is 292 g/mol. The van der Waals surface area contributed by atoms with Gasteiger partial charge >= 0.3 is 11.9 Å². The van der Waals surface area contributed by atoms with E-state index in [1.165, 1.54) is 0 Å². The van der Waals surface area contributed by atoms with Crippen molar-refractivity contribution in [3.8, 4) is 0 Å². The van der Waals surface area contributed by atoms with Gasteiger partial charge in [0.2, 0.25) is 5.91 Å². The molecule has 0 aliphatic carbocycles. The lowest BCUT2D eigenvalue weighted by Crippen LogP contribution is -2.47. The second kappa shape index (κ2) is 6.25. The van der Waals surface area contributed by atoms with Crippen LogP contribution in [0.3, 0.4) is 0 Å². The average Bonchev–Trinajstić information content (AvgIpc) is 2.86. The summed E-state index contributed by atoms with van der Waals surface area (Å²) < 4.78 is 0. The number of amides is 1. The van der Waals surface area contributed by atoms with E-state index in [1.807, 2.05) is 24.3 Å². The van der Waals surface area contributed by atoms with Crippen molar-refractivity contribution in [1.82, 2.24) is 5.32 Å². The second-order valence-corrected chi connectivity index (χ2v) is 4.89. The Morgan fingerprint density at radius 3 is 2.62 bits per heavy atom. The van der Waals surface area contributed by atoms with Crippen LogP contribution in [0.25, 0.3) is 0 Å². The zero-order valence-corrected chi connectivity index (χ0v) is 11.2. The summed E-state index contributed by atoms with van der Waals surface area (Å²) in [5, 5.41) is 23.0. The number of anilines is 1. The van der Waals surface area contributed by atoms with E-state index < -0.39 is 29.9 Å². The maximum absolute atomic E-state index is 12.1. The smallest absolute Gasteiger partial charge is 0.326 e. The van der Waals surface area contributed by atoms with Crippen molar-refractivity contribution in [2.75, 3.05) is 5.32 Å². The summed E-state index contributed by atoms with van der Waals surface area (Å²) in [5.41, 5.74) is 1.85. The summed E-state index contributed by atoms with van der Waals surface area (Å²) in [5.74, 6) is -2.77. The molecule has 1 aliphatic heterocycles. The van der Waals surface area contributed by atoms with Gasteiger partial charge in [0.25, 0.3) is 0 Å². The summed E-state index contributed by atoms with van der Waals surface area (Å²) in [6.07, 6.45) is 0.0267. The van der Waals surface area contributed by atoms with Crippen LogP contribution in [-0.2, 0) is 20.8 Å². The van der Waals surface area contributed by atoms with E-state index in [-0.39, 0.29) is 12.8 Å². The van der Waals surface area contributed by atoms with Gasteiger partial charge < -0.3 is 20.8 Å². The first-order valence-corrected chi connectivity index (χ1v) is 6.57. The van der Waals surface area contributed by atoms with Crippen LogP contribution in [0.4, 0.5) is 5.69 Å². The van der Waals surface area contributed by atoms with E-state index in [0.717, 1.165) is 11.3 Å². The van der Waals surface area contributed by atoms with Gasteiger partial charge in [-0.1, -0.05) is 18.2 Å². The summed E-state index contributed by atoms with van der Waals surface area (Å²) in [6.45, 7) is 0. The molecule has 0 radical (unpaired) electrons. The molecule has 4 N–H and O–H groups in total. The molecule has 2 rings (SSSR count). The van der Waals surface area contributed by atoms with Gasteiger partial charge in [-0.25, -0.2) is 4.79 Å². The van der Waals surface area contributed by atoms with Crippen molar-refractivity contribution in [3.05, 3.63) is 29.8 Å². The summed E-state index contributed by atoms with van der Waals surface area (Å²) in [4.78, 5) is 33.6. The quantitative estimate of drug-likeness (QED) is 0.605. The third-order valence-corrected chi connectivity index (χ3v) is 3.35. The number of benzene rings is 1. The van der Waals surface area contributed by atoms with Crippen LogP contribution in [-0.4, -0.2) is 40.1 Å². The van der Waals surface area contributed by atoms with Crippen LogP contribution < -0.4 is 10.6 Å². The minimum Gasteiger partial charge on any atom is -0.481 e. The molecule has 0 aromatic heterocycles. The molecule has 1 aromatic rings. The molecule has 112 valence electrons. The summed E-state index contributed by atoms with van der Waals surface area (Å²) in [7, 11) is 0. The highest BCUT2D eigenvalue weighted by Gasteiger charge is 2.29. The van der Waals surface area contributed by atoms with Crippen LogP contribution in [0.1, 0.15) is 18.4 Å². The molecule has 0 saturated heterocycles. The molecule has 1 unspecified atom stereocenters. The average molecular weight is 292 g/mol. The van der Waals surface area contributed by atoms with E-state index >= 15 is 0 Å². The molecule has 0 saturated carbocycles. The molecule has 0 fully saturated rings. The zero-order chi connectivity index (χ0) is 15.4. The van der Waals surface area contributed by atoms with E-state index in [9.17, 15) is 14.4 Å². The van der Waals surface area contributed by atoms with Gasteiger partial charge in [0.05, 0.1) is 0 Å². The number of rotatable bonds is 6. The zero-order valence-electron chi connectivity index (χ0n) is 11.2. The third-order valence-electron chi connectivity index (χ3n) is 3.35. The van der Waals surface area contributed by atoms with Gasteiger partial charge in [-0.3, -0.25) is 9.59 Å². The van der Waals surface area contributed by atoms with Crippen LogP contribution in [0.15, 0.2) is 24.3 Å². The molecular formula is C14H16N2O5. The Bertz CT molecular complexity index is 547. The normalized spacial score (nSPS) is 17.4. The van der Waals surface area contributed by atoms with E-state index in [1.54, 1.807) is 0 Å². The number of hydrogen-bond acceptors (Lipinski definition) is 4. The predicted octanol–water partition coefficient (Wildman–Crippen LogP) is 0.457. The summed E-state index contributed by atoms with van der Waals surface area (Å²) in [6, 6.07) is 5.73. The number of carbonyl (C=O) groups excluding carboxylic acids is 1. The number of nitrogens with one attached hydrogen (secondary N) is 2. The number of carbonyl (C=O) groups is 3. The molecule has 0 bridgehead atoms. The topological polar surface area (TPSA) is 116 Å². The lowest BCUT2D eigenvalue weighted by atomic mass is 10.1. The first-order chi connectivity index (χ1) is 9.97. The number of para-hydroxylation sites is 1. The highest BCUT2D eigenvalue weighted by molar-refractivity contribution is 5.90. The Kier molecular flexibility index (Phi) is 4.42. The number of carboxylic acid groups (broad SMARTS) is 2. The van der Waals surface area contributed by atoms with Crippen LogP contribution in [0.2, 0.25) is 0 Å². The fourth-order valence-corrected chi connectivity index (χ4v) is 2.25. The molecule has 21 heavy (non-hydrogen) atoms. The molecule has 2 atom stereocenters. The minimum absolute atomic E-state index is 0.143. The van der Waals surface area contributed by atoms with Crippen molar-refractivity contribution >= 4 is 23.5 Å². The number of carboxylic acids is 2. The number of hydrogen-bond donors (Lipinski definition) is 4. The van der Waals surface area contributed by atoms with Crippen molar-refractivity contribution < 1.29 is 24.6 Å². The van der Waals surface area contributed by atoms with Crippen molar-refractivity contribution in [1.29, 1.82) is 0 Å². The molecule has 7 heteroatoms. The largest absolute Gasteiger partial charge is 0.481 e. The van der Waals surface area contributed by atoms with Gasteiger partial charge in [0.1, 0.15) is 12.1 Å². The fraction of sp³-hybridized carbons (Fsp3) is 0.357. The first-order valence-electron chi connectivity index (χ1n) is 6.57. The molecule has 7 nitrogen and oxygen atoms in total. The molecular weight excluding hydrogens is 276 g/mol. The minimum atomic E-state index is -1.24. The fourth-order valence-electron chi connectivity index (χ4n) is 2.25. The predicted molar refractivity (Wildman–Crippen MR) is 74.0 cm³/mol. The Morgan fingerprint density at radius 1 is 1.29 bits per heavy atom. The number of aliphatic carboxylic acids is 2. The molecule has 1 aliphatic rings. The van der Waals surface area contributed by atoms with Gasteiger partial charge in [0.15, 0.2) is 0 Å². The number of fused-ring (bicyclic) bond motifs is 1. The standard InChI is InChI=1S/C14H16N2O5/c17-12(18)6-5-10(14(20)21)16-13(19)11-7-8-3-1-2-4-9(8)15-11/h1-4,10-11,15H,5-7H2,(H,16,19)(H,17,18)(H,20,21)/t10-,11?/m0/s1. The molecule has 1 heterocycles. The Labute approximate surface area is 121 Å². The van der Waals surface area contributed by atoms with Crippen LogP contribution in [0.5, 0.6) is 0 Å². The third kappa shape index (κ3) is 3.71. The van der Waals surface area contributed by atoms with Crippen LogP contribution >= 0.6 is 0 Å². The second-order valence-electron chi connectivity index (χ2n) is 4.89. The Balaban J connectivity index is 1.94. The molecule has 1 amide bonds. The van der Waals surface area contributed by atoms with E-state index in [0.29, 0.717) is 6.42 Å². The highest BCUT2D eigenvalue weighted by Crippen LogP contribution is 2.25. The van der Waals surface area contributed by atoms with Crippen molar-refractivity contribution in [2.24, 2.45) is 0 Å². The maximum Gasteiger partial charge on any atom is 0.326 e. The van der Waals surface area contributed by atoms with Gasteiger partial charge in [-0.15, -0.1) is 0 Å². The van der Waals surface area contributed by atoms with Crippen molar-refractivity contribution in [3.63, 3.8) is 0 Å². The van der Waals surface area contributed by atoms with E-state index in [2.05, 4.69) is 10.6 Å². The molecule has 0 spiro atoms.